The van der Waals surface area contributed by atoms with Crippen LogP contribution < -0.4 is 9.80 Å². The van der Waals surface area contributed by atoms with E-state index in [0.29, 0.717) is 19.8 Å². The number of benzene rings is 1. The summed E-state index contributed by atoms with van der Waals surface area (Å²) >= 11 is 0. The topological polar surface area (TPSA) is 173 Å². The first-order chi connectivity index (χ1) is 29.0. The van der Waals surface area contributed by atoms with Gasteiger partial charge in [0.15, 0.2) is 0 Å². The first-order valence-electron chi connectivity index (χ1n) is 19.7. The standard InChI is InChI=1S/C23H24N6O2S.C20H21N5O2/c1-24-32(2,30)17-5-3-16(4-6-17)19-15-21(29-11-13-31-14-12-29)27-22-18(19)7-9-25-23(22)20-8-10-26-28-20;1-5-21-20(17-2-6-22-24-17)19-15(1)16(14-3-9-26-10-4-14)13-18(23-19)25-7-11-27-12-8-25/h3-10,15H,11-14H2,1-2H3,(H,26,28);1-3,5-6,13H,4,7-12H2,(H,22,24). The minimum Gasteiger partial charge on any atom is -0.378 e. The fourth-order valence-electron chi connectivity index (χ4n) is 7.62. The van der Waals surface area contributed by atoms with Crippen LogP contribution >= 0.6 is 0 Å². The zero-order valence-electron chi connectivity index (χ0n) is 33.0. The van der Waals surface area contributed by atoms with Crippen LogP contribution in [0.5, 0.6) is 0 Å². The van der Waals surface area contributed by atoms with Crippen molar-refractivity contribution < 1.29 is 18.4 Å². The Labute approximate surface area is 342 Å². The van der Waals surface area contributed by atoms with Gasteiger partial charge in [-0.15, -0.1) is 0 Å². The number of pyridine rings is 4. The van der Waals surface area contributed by atoms with Gasteiger partial charge in [0.25, 0.3) is 0 Å². The average Bonchev–Trinajstić information content (AvgIpc) is 4.06. The second kappa shape index (κ2) is 17.0. The SMILES string of the molecule is C1=C(c2cc(N3CCOCC3)nc3c(-c4cc[nH]n4)nccc23)CCOC1.CN=S(C)(=O)c1ccc(-c2cc(N3CCOCC3)nc3c(-c4ccn[nH]4)nccc23)cc1. The van der Waals surface area contributed by atoms with E-state index in [1.54, 1.807) is 25.7 Å². The number of nitrogens with zero attached hydrogens (tertiary/aromatic N) is 9. The quantitative estimate of drug-likeness (QED) is 0.185. The second-order valence-electron chi connectivity index (χ2n) is 14.4. The molecular formula is C43H45N11O4S. The summed E-state index contributed by atoms with van der Waals surface area (Å²) in [5.74, 6) is 1.86. The number of morpholine rings is 2. The van der Waals surface area contributed by atoms with E-state index in [4.69, 9.17) is 24.2 Å². The molecule has 9 heterocycles. The summed E-state index contributed by atoms with van der Waals surface area (Å²) in [6, 6.07) is 20.0. The van der Waals surface area contributed by atoms with E-state index in [-0.39, 0.29) is 0 Å². The van der Waals surface area contributed by atoms with Crippen molar-refractivity contribution in [2.75, 3.05) is 88.9 Å². The first kappa shape index (κ1) is 38.4. The predicted octanol–water partition coefficient (Wildman–Crippen LogP) is 6.27. The van der Waals surface area contributed by atoms with Crippen LogP contribution in [0.3, 0.4) is 0 Å². The number of aromatic nitrogens is 8. The van der Waals surface area contributed by atoms with E-state index >= 15 is 0 Å². The van der Waals surface area contributed by atoms with Gasteiger partial charge in [0, 0.05) is 79.9 Å². The maximum absolute atomic E-state index is 12.6. The summed E-state index contributed by atoms with van der Waals surface area (Å²) in [6.45, 7) is 7.47. The number of aromatic amines is 2. The fraction of sp³-hybridized carbons (Fsp3) is 0.302. The molecule has 16 heteroatoms. The third-order valence-corrected chi connectivity index (χ3v) is 12.7. The Morgan fingerprint density at radius 3 is 1.97 bits per heavy atom. The summed E-state index contributed by atoms with van der Waals surface area (Å²) in [5, 5.41) is 16.4. The van der Waals surface area contributed by atoms with E-state index in [1.165, 1.54) is 11.1 Å². The molecule has 6 aromatic heterocycles. The van der Waals surface area contributed by atoms with Crippen LogP contribution in [0.1, 0.15) is 12.0 Å². The van der Waals surface area contributed by atoms with Crippen molar-refractivity contribution in [2.45, 2.75) is 11.3 Å². The third-order valence-electron chi connectivity index (χ3n) is 10.9. The molecule has 302 valence electrons. The molecule has 10 rings (SSSR count). The Balaban J connectivity index is 0.000000154. The van der Waals surface area contributed by atoms with Crippen molar-refractivity contribution in [3.63, 3.8) is 0 Å². The minimum atomic E-state index is -2.38. The minimum absolute atomic E-state index is 0.656. The third kappa shape index (κ3) is 8.04. The summed E-state index contributed by atoms with van der Waals surface area (Å²) < 4.78 is 33.2. The van der Waals surface area contributed by atoms with Crippen LogP contribution in [0.15, 0.2) is 101 Å². The first-order valence-corrected chi connectivity index (χ1v) is 21.6. The van der Waals surface area contributed by atoms with Gasteiger partial charge in [-0.2, -0.15) is 10.2 Å². The van der Waals surface area contributed by atoms with Gasteiger partial charge in [0.1, 0.15) is 39.8 Å². The molecule has 0 saturated carbocycles. The number of fused-ring (bicyclic) bond motifs is 2. The second-order valence-corrected chi connectivity index (χ2v) is 16.8. The number of hydrogen-bond donors (Lipinski definition) is 2. The van der Waals surface area contributed by atoms with E-state index in [2.05, 4.69) is 62.7 Å². The molecule has 0 aliphatic carbocycles. The van der Waals surface area contributed by atoms with Crippen LogP contribution in [0.25, 0.3) is 61.3 Å². The average molecular weight is 812 g/mol. The van der Waals surface area contributed by atoms with Crippen LogP contribution in [-0.2, 0) is 23.9 Å². The smallest absolute Gasteiger partial charge is 0.130 e. The largest absolute Gasteiger partial charge is 0.378 e. The molecule has 7 aromatic rings. The maximum atomic E-state index is 12.6. The molecule has 0 amide bonds. The highest BCUT2D eigenvalue weighted by molar-refractivity contribution is 7.93. The van der Waals surface area contributed by atoms with Gasteiger partial charge >= 0.3 is 0 Å². The lowest BCUT2D eigenvalue weighted by Crippen LogP contribution is -2.36. The van der Waals surface area contributed by atoms with Gasteiger partial charge in [0.2, 0.25) is 0 Å². The monoisotopic (exact) mass is 811 g/mol. The molecule has 3 aliphatic rings. The number of hydrogen-bond acceptors (Lipinski definition) is 13. The Bertz CT molecular complexity index is 2720. The van der Waals surface area contributed by atoms with Crippen molar-refractivity contribution in [1.82, 2.24) is 40.3 Å². The maximum Gasteiger partial charge on any atom is 0.130 e. The highest BCUT2D eigenvalue weighted by Gasteiger charge is 2.22. The van der Waals surface area contributed by atoms with Gasteiger partial charge in [0.05, 0.1) is 55.1 Å². The van der Waals surface area contributed by atoms with Crippen LogP contribution in [0.4, 0.5) is 11.6 Å². The molecule has 0 bridgehead atoms. The van der Waals surface area contributed by atoms with Crippen molar-refractivity contribution in [3.8, 4) is 33.9 Å². The Morgan fingerprint density at radius 1 is 0.729 bits per heavy atom. The van der Waals surface area contributed by atoms with Crippen molar-refractivity contribution in [3.05, 3.63) is 97.1 Å². The van der Waals surface area contributed by atoms with Crippen LogP contribution in [-0.4, -0.2) is 124 Å². The van der Waals surface area contributed by atoms with E-state index in [9.17, 15) is 4.21 Å². The highest BCUT2D eigenvalue weighted by Crippen LogP contribution is 2.37. The van der Waals surface area contributed by atoms with Gasteiger partial charge in [-0.1, -0.05) is 18.2 Å². The Morgan fingerprint density at radius 2 is 1.37 bits per heavy atom. The zero-order chi connectivity index (χ0) is 40.2. The molecule has 2 saturated heterocycles. The van der Waals surface area contributed by atoms with Crippen LogP contribution in [0, 0.1) is 0 Å². The predicted molar refractivity (Wildman–Crippen MR) is 230 cm³/mol. The number of anilines is 2. The zero-order valence-corrected chi connectivity index (χ0v) is 33.8. The van der Waals surface area contributed by atoms with E-state index < -0.39 is 9.73 Å². The molecular weight excluding hydrogens is 767 g/mol. The molecule has 1 aromatic carbocycles. The number of ether oxygens (including phenoxy) is 3. The van der Waals surface area contributed by atoms with Crippen LogP contribution in [0.2, 0.25) is 0 Å². The lowest BCUT2D eigenvalue weighted by Gasteiger charge is -2.29. The molecule has 2 fully saturated rings. The Hall–Kier alpha value is -6.07. The molecule has 0 radical (unpaired) electrons. The van der Waals surface area contributed by atoms with Crippen molar-refractivity contribution in [1.29, 1.82) is 0 Å². The highest BCUT2D eigenvalue weighted by atomic mass is 32.2. The molecule has 15 nitrogen and oxygen atoms in total. The molecule has 1 atom stereocenters. The molecule has 2 N–H and O–H groups in total. The lowest BCUT2D eigenvalue weighted by atomic mass is 9.97. The Kier molecular flexibility index (Phi) is 11.1. The molecule has 3 aliphatic heterocycles. The molecule has 0 spiro atoms. The van der Waals surface area contributed by atoms with E-state index in [0.717, 1.165) is 125 Å². The lowest BCUT2D eigenvalue weighted by molar-refractivity contribution is 0.122. The summed E-state index contributed by atoms with van der Waals surface area (Å²) in [5.41, 5.74) is 9.46. The van der Waals surface area contributed by atoms with Crippen molar-refractivity contribution >= 4 is 48.7 Å². The fourth-order valence-corrected chi connectivity index (χ4v) is 8.47. The van der Waals surface area contributed by atoms with Gasteiger partial charge in [-0.25, -0.2) is 18.5 Å². The number of H-pyrrole nitrogens is 2. The van der Waals surface area contributed by atoms with Gasteiger partial charge in [-0.05, 0) is 77.2 Å². The van der Waals surface area contributed by atoms with Gasteiger partial charge in [-0.3, -0.25) is 20.2 Å². The van der Waals surface area contributed by atoms with Gasteiger partial charge < -0.3 is 24.0 Å². The van der Waals surface area contributed by atoms with Crippen molar-refractivity contribution in [2.24, 2.45) is 4.36 Å². The van der Waals surface area contributed by atoms with E-state index in [1.807, 2.05) is 60.9 Å². The molecule has 1 unspecified atom stereocenters. The number of nitrogens with one attached hydrogen (secondary N) is 2. The summed E-state index contributed by atoms with van der Waals surface area (Å²) in [7, 11) is -0.793. The summed E-state index contributed by atoms with van der Waals surface area (Å²) in [4.78, 5) is 24.4. The summed E-state index contributed by atoms with van der Waals surface area (Å²) in [6.07, 6.45) is 11.9. The number of rotatable bonds is 7. The normalized spacial score (nSPS) is 16.9. The molecule has 59 heavy (non-hydrogen) atoms.